The largest absolute Gasteiger partial charge is 0.493 e. The molecule has 16 heavy (non-hydrogen) atoms. The van der Waals surface area contributed by atoms with Crippen molar-refractivity contribution >= 4 is 22.2 Å². The number of aryl methyl sites for hydroxylation is 1. The second-order valence-corrected chi connectivity index (χ2v) is 4.46. The van der Waals surface area contributed by atoms with Crippen LogP contribution in [0.2, 0.25) is 0 Å². The van der Waals surface area contributed by atoms with E-state index < -0.39 is 0 Å². The number of fused-ring (bicyclic) bond motifs is 1. The van der Waals surface area contributed by atoms with Crippen LogP contribution in [-0.2, 0) is 17.6 Å². The Morgan fingerprint density at radius 2 is 2.44 bits per heavy atom. The Labute approximate surface area is 103 Å². The maximum Gasteiger partial charge on any atom is 0.165 e. The highest BCUT2D eigenvalue weighted by Gasteiger charge is 2.22. The smallest absolute Gasteiger partial charge is 0.165 e. The summed E-state index contributed by atoms with van der Waals surface area (Å²) in [4.78, 5) is 10.4. The number of carbonyl (C=O) groups excluding carboxylic acids is 1. The van der Waals surface area contributed by atoms with Crippen molar-refractivity contribution in [3.8, 4) is 11.5 Å². The Morgan fingerprint density at radius 1 is 1.62 bits per heavy atom. The molecule has 4 heteroatoms. The first kappa shape index (κ1) is 11.5. The first-order valence-corrected chi connectivity index (χ1v) is 6.02. The monoisotopic (exact) mass is 284 g/mol. The van der Waals surface area contributed by atoms with Gasteiger partial charge >= 0.3 is 0 Å². The van der Waals surface area contributed by atoms with Gasteiger partial charge in [-0.1, -0.05) is 15.9 Å². The first-order valence-electron chi connectivity index (χ1n) is 5.22. The van der Waals surface area contributed by atoms with Gasteiger partial charge in [-0.15, -0.1) is 0 Å². The highest BCUT2D eigenvalue weighted by molar-refractivity contribution is 9.10. The van der Waals surface area contributed by atoms with Gasteiger partial charge in [-0.2, -0.15) is 0 Å². The number of benzene rings is 1. The fourth-order valence-corrected chi connectivity index (χ4v) is 2.61. The minimum atomic E-state index is 0.529. The normalized spacial score (nSPS) is 13.1. The summed E-state index contributed by atoms with van der Waals surface area (Å²) in [5.41, 5.74) is 2.26. The average molecular weight is 285 g/mol. The zero-order chi connectivity index (χ0) is 11.5. The summed E-state index contributed by atoms with van der Waals surface area (Å²) >= 11 is 3.57. The number of methoxy groups -OCH3 is 1. The molecule has 0 radical (unpaired) electrons. The van der Waals surface area contributed by atoms with Crippen LogP contribution in [-0.4, -0.2) is 20.0 Å². The molecule has 0 fully saturated rings. The molecule has 86 valence electrons. The molecule has 0 aliphatic carbocycles. The van der Waals surface area contributed by atoms with Crippen LogP contribution in [0.25, 0.3) is 0 Å². The number of hydrogen-bond donors (Lipinski definition) is 0. The van der Waals surface area contributed by atoms with Crippen molar-refractivity contribution in [2.75, 3.05) is 13.7 Å². The lowest BCUT2D eigenvalue weighted by atomic mass is 10.0. The van der Waals surface area contributed by atoms with Crippen LogP contribution < -0.4 is 9.47 Å². The van der Waals surface area contributed by atoms with Crippen LogP contribution in [0, 0.1) is 0 Å². The van der Waals surface area contributed by atoms with Crippen LogP contribution >= 0.6 is 15.9 Å². The van der Waals surface area contributed by atoms with Gasteiger partial charge in [0, 0.05) is 22.9 Å². The minimum Gasteiger partial charge on any atom is -0.493 e. The zero-order valence-corrected chi connectivity index (χ0v) is 10.7. The predicted molar refractivity (Wildman–Crippen MR) is 64.3 cm³/mol. The average Bonchev–Trinajstić information content (AvgIpc) is 2.78. The second kappa shape index (κ2) is 4.87. The van der Waals surface area contributed by atoms with E-state index in [1.54, 1.807) is 7.11 Å². The van der Waals surface area contributed by atoms with Gasteiger partial charge in [0.15, 0.2) is 11.5 Å². The van der Waals surface area contributed by atoms with Gasteiger partial charge in [-0.3, -0.25) is 0 Å². The molecule has 0 saturated carbocycles. The molecule has 1 heterocycles. The Balaban J connectivity index is 2.43. The molecular weight excluding hydrogens is 272 g/mol. The summed E-state index contributed by atoms with van der Waals surface area (Å²) in [7, 11) is 1.63. The Morgan fingerprint density at radius 3 is 3.12 bits per heavy atom. The van der Waals surface area contributed by atoms with E-state index in [1.165, 1.54) is 0 Å². The van der Waals surface area contributed by atoms with Crippen molar-refractivity contribution in [1.82, 2.24) is 0 Å². The molecule has 0 spiro atoms. The highest BCUT2D eigenvalue weighted by Crippen LogP contribution is 2.42. The lowest BCUT2D eigenvalue weighted by molar-refractivity contribution is -0.107. The molecule has 0 atom stereocenters. The van der Waals surface area contributed by atoms with E-state index in [4.69, 9.17) is 9.47 Å². The fraction of sp³-hybridized carbons (Fsp3) is 0.417. The molecule has 0 amide bonds. The molecule has 2 rings (SSSR count). The van der Waals surface area contributed by atoms with Crippen LogP contribution in [0.4, 0.5) is 0 Å². The molecule has 0 aromatic heterocycles. The third kappa shape index (κ3) is 1.94. The molecule has 0 unspecified atom stereocenters. The van der Waals surface area contributed by atoms with Crippen LogP contribution in [0.3, 0.4) is 0 Å². The van der Waals surface area contributed by atoms with Crippen molar-refractivity contribution < 1.29 is 14.3 Å². The lowest BCUT2D eigenvalue weighted by Crippen LogP contribution is -1.95. The highest BCUT2D eigenvalue weighted by atomic mass is 79.9. The molecular formula is C12H13BrO3. The van der Waals surface area contributed by atoms with E-state index in [9.17, 15) is 4.79 Å². The van der Waals surface area contributed by atoms with Crippen molar-refractivity contribution in [2.24, 2.45) is 0 Å². The van der Waals surface area contributed by atoms with Gasteiger partial charge in [-0.25, -0.2) is 0 Å². The maximum absolute atomic E-state index is 10.4. The lowest BCUT2D eigenvalue weighted by Gasteiger charge is -2.12. The third-order valence-corrected chi connectivity index (χ3v) is 3.69. The van der Waals surface area contributed by atoms with E-state index in [0.29, 0.717) is 13.0 Å². The van der Waals surface area contributed by atoms with Crippen molar-refractivity contribution in [3.05, 3.63) is 21.7 Å². The number of halogens is 1. The van der Waals surface area contributed by atoms with E-state index >= 15 is 0 Å². The number of hydrogen-bond acceptors (Lipinski definition) is 3. The topological polar surface area (TPSA) is 35.5 Å². The zero-order valence-electron chi connectivity index (χ0n) is 9.09. The molecule has 1 aromatic carbocycles. The molecule has 3 nitrogen and oxygen atoms in total. The van der Waals surface area contributed by atoms with Gasteiger partial charge in [0.25, 0.3) is 0 Å². The Kier molecular flexibility index (Phi) is 3.49. The standard InChI is InChI=1S/C12H13BrO3/c1-15-10-7-8(3-2-5-14)11(13)9-4-6-16-12(9)10/h5,7H,2-4,6H2,1H3. The molecule has 1 aliphatic heterocycles. The number of rotatable bonds is 4. The third-order valence-electron chi connectivity index (χ3n) is 2.70. The molecule has 1 aromatic rings. The summed E-state index contributed by atoms with van der Waals surface area (Å²) in [5.74, 6) is 1.60. The van der Waals surface area contributed by atoms with Crippen LogP contribution in [0.15, 0.2) is 10.5 Å². The van der Waals surface area contributed by atoms with E-state index in [0.717, 1.165) is 46.2 Å². The SMILES string of the molecule is COc1cc(CCC=O)c(Br)c2c1OCC2. The van der Waals surface area contributed by atoms with Gasteiger partial charge in [0.1, 0.15) is 6.29 Å². The molecule has 1 aliphatic rings. The quantitative estimate of drug-likeness (QED) is 0.797. The number of carbonyl (C=O) groups is 1. The van der Waals surface area contributed by atoms with Gasteiger partial charge < -0.3 is 14.3 Å². The van der Waals surface area contributed by atoms with E-state index in [1.807, 2.05) is 6.07 Å². The van der Waals surface area contributed by atoms with Gasteiger partial charge in [0.2, 0.25) is 0 Å². The predicted octanol–water partition coefficient (Wildman–Crippen LogP) is 2.52. The Bertz CT molecular complexity index is 415. The van der Waals surface area contributed by atoms with Crippen molar-refractivity contribution in [3.63, 3.8) is 0 Å². The number of ether oxygens (including phenoxy) is 2. The minimum absolute atomic E-state index is 0.529. The van der Waals surface area contributed by atoms with Crippen molar-refractivity contribution in [2.45, 2.75) is 19.3 Å². The number of aldehydes is 1. The molecule has 0 saturated heterocycles. The maximum atomic E-state index is 10.4. The second-order valence-electron chi connectivity index (χ2n) is 3.66. The van der Waals surface area contributed by atoms with Gasteiger partial charge in [0.05, 0.1) is 13.7 Å². The molecule has 0 bridgehead atoms. The van der Waals surface area contributed by atoms with Gasteiger partial charge in [-0.05, 0) is 18.1 Å². The van der Waals surface area contributed by atoms with E-state index in [-0.39, 0.29) is 0 Å². The van der Waals surface area contributed by atoms with Crippen LogP contribution in [0.1, 0.15) is 17.5 Å². The summed E-state index contributed by atoms with van der Waals surface area (Å²) in [6.45, 7) is 0.696. The first-order chi connectivity index (χ1) is 7.77. The summed E-state index contributed by atoms with van der Waals surface area (Å²) < 4.78 is 11.9. The van der Waals surface area contributed by atoms with Crippen molar-refractivity contribution in [1.29, 1.82) is 0 Å². The summed E-state index contributed by atoms with van der Waals surface area (Å²) in [6.07, 6.45) is 3.08. The summed E-state index contributed by atoms with van der Waals surface area (Å²) in [6, 6.07) is 1.94. The Hall–Kier alpha value is -1.03. The summed E-state index contributed by atoms with van der Waals surface area (Å²) in [5, 5.41) is 0. The van der Waals surface area contributed by atoms with E-state index in [2.05, 4.69) is 15.9 Å². The fourth-order valence-electron chi connectivity index (χ4n) is 1.91. The molecule has 0 N–H and O–H groups in total. The van der Waals surface area contributed by atoms with Crippen LogP contribution in [0.5, 0.6) is 11.5 Å².